The molecule has 0 saturated heterocycles. The molecule has 0 aliphatic carbocycles. The molecule has 0 bridgehead atoms. The first-order chi connectivity index (χ1) is 23.1. The van der Waals surface area contributed by atoms with E-state index in [2.05, 4.69) is 62.5 Å². The third kappa shape index (κ3) is 36.5. The van der Waals surface area contributed by atoms with Crippen LogP contribution in [-0.4, -0.2) is 36.4 Å². The molecule has 0 heterocycles. The monoisotopic (exact) mass is 659 g/mol. The lowest BCUT2D eigenvalue weighted by Crippen LogP contribution is -2.28. The second kappa shape index (κ2) is 38.3. The highest BCUT2D eigenvalue weighted by Crippen LogP contribution is 2.14. The molecule has 0 aliphatic rings. The van der Waals surface area contributed by atoms with E-state index in [1.165, 1.54) is 96.3 Å². The molecule has 0 aliphatic heterocycles. The Labute approximate surface area is 290 Å². The van der Waals surface area contributed by atoms with E-state index in [0.717, 1.165) is 64.2 Å². The van der Waals surface area contributed by atoms with Crippen LogP contribution in [0.15, 0.2) is 48.6 Å². The van der Waals surface area contributed by atoms with Crippen molar-refractivity contribution in [2.75, 3.05) is 13.2 Å². The normalized spacial score (nSPS) is 12.7. The lowest BCUT2D eigenvalue weighted by molar-refractivity contribution is -0.161. The zero-order valence-corrected chi connectivity index (χ0v) is 30.8. The molecule has 47 heavy (non-hydrogen) atoms. The SMILES string of the molecule is CC/C=C\C/C=C\C/C=C\C/C=C\CCCCCCCCCCCCCCCCC(=O)OC(CO)COC(=O)CCCCCCCC. The lowest BCUT2D eigenvalue weighted by Gasteiger charge is -2.15. The molecule has 0 aromatic heterocycles. The number of hydrogen-bond acceptors (Lipinski definition) is 5. The van der Waals surface area contributed by atoms with Crippen LogP contribution in [0.4, 0.5) is 0 Å². The van der Waals surface area contributed by atoms with Gasteiger partial charge in [-0.25, -0.2) is 0 Å². The fourth-order valence-electron chi connectivity index (χ4n) is 5.43. The summed E-state index contributed by atoms with van der Waals surface area (Å²) in [6.45, 7) is 3.96. The summed E-state index contributed by atoms with van der Waals surface area (Å²) in [6.07, 6.45) is 47.8. The van der Waals surface area contributed by atoms with Gasteiger partial charge in [-0.05, 0) is 51.4 Å². The highest BCUT2D eigenvalue weighted by atomic mass is 16.6. The molecule has 0 fully saturated rings. The summed E-state index contributed by atoms with van der Waals surface area (Å²) in [4.78, 5) is 24.0. The van der Waals surface area contributed by atoms with E-state index >= 15 is 0 Å². The minimum atomic E-state index is -0.766. The van der Waals surface area contributed by atoms with Gasteiger partial charge in [-0.15, -0.1) is 0 Å². The van der Waals surface area contributed by atoms with Crippen LogP contribution in [0, 0.1) is 0 Å². The largest absolute Gasteiger partial charge is 0.462 e. The summed E-state index contributed by atoms with van der Waals surface area (Å²) in [5.41, 5.74) is 0. The average molecular weight is 659 g/mol. The van der Waals surface area contributed by atoms with Crippen molar-refractivity contribution in [3.63, 3.8) is 0 Å². The number of ether oxygens (including phenoxy) is 2. The van der Waals surface area contributed by atoms with Crippen molar-refractivity contribution < 1.29 is 24.2 Å². The second-order valence-electron chi connectivity index (χ2n) is 13.0. The maximum atomic E-state index is 12.1. The van der Waals surface area contributed by atoms with E-state index in [9.17, 15) is 14.7 Å². The second-order valence-corrected chi connectivity index (χ2v) is 13.0. The molecular weight excluding hydrogens is 584 g/mol. The van der Waals surface area contributed by atoms with Crippen molar-refractivity contribution in [1.82, 2.24) is 0 Å². The van der Waals surface area contributed by atoms with Gasteiger partial charge in [-0.2, -0.15) is 0 Å². The van der Waals surface area contributed by atoms with Gasteiger partial charge in [0.05, 0.1) is 6.61 Å². The van der Waals surface area contributed by atoms with Crippen molar-refractivity contribution in [2.45, 2.75) is 193 Å². The van der Waals surface area contributed by atoms with E-state index in [-0.39, 0.29) is 25.2 Å². The molecular formula is C42H74O5. The van der Waals surface area contributed by atoms with Crippen LogP contribution >= 0.6 is 0 Å². The van der Waals surface area contributed by atoms with Crippen molar-refractivity contribution >= 4 is 11.9 Å². The number of carbonyl (C=O) groups excluding carboxylic acids is 2. The van der Waals surface area contributed by atoms with Gasteiger partial charge in [0.15, 0.2) is 6.10 Å². The number of hydrogen-bond donors (Lipinski definition) is 1. The number of aliphatic hydroxyl groups excluding tert-OH is 1. The molecule has 0 aromatic carbocycles. The van der Waals surface area contributed by atoms with Crippen LogP contribution in [0.2, 0.25) is 0 Å². The minimum absolute atomic E-state index is 0.0653. The van der Waals surface area contributed by atoms with Crippen LogP contribution in [0.3, 0.4) is 0 Å². The molecule has 1 N–H and O–H groups in total. The van der Waals surface area contributed by atoms with Crippen molar-refractivity contribution in [1.29, 1.82) is 0 Å². The lowest BCUT2D eigenvalue weighted by atomic mass is 10.0. The van der Waals surface area contributed by atoms with E-state index in [4.69, 9.17) is 9.47 Å². The Balaban J connectivity index is 3.45. The van der Waals surface area contributed by atoms with Crippen molar-refractivity contribution in [2.24, 2.45) is 0 Å². The van der Waals surface area contributed by atoms with Crippen LogP contribution in [0.1, 0.15) is 187 Å². The predicted octanol–water partition coefficient (Wildman–Crippen LogP) is 12.2. The molecule has 1 unspecified atom stereocenters. The van der Waals surface area contributed by atoms with Crippen LogP contribution in [-0.2, 0) is 19.1 Å². The van der Waals surface area contributed by atoms with Gasteiger partial charge >= 0.3 is 11.9 Å². The summed E-state index contributed by atoms with van der Waals surface area (Å²) < 4.78 is 10.5. The van der Waals surface area contributed by atoms with Crippen molar-refractivity contribution in [3.05, 3.63) is 48.6 Å². The Morgan fingerprint density at radius 1 is 0.511 bits per heavy atom. The number of aliphatic hydroxyl groups is 1. The summed E-state index contributed by atoms with van der Waals surface area (Å²) >= 11 is 0. The molecule has 0 saturated carbocycles. The first-order valence-electron chi connectivity index (χ1n) is 19.7. The highest BCUT2D eigenvalue weighted by Gasteiger charge is 2.16. The molecule has 5 nitrogen and oxygen atoms in total. The van der Waals surface area contributed by atoms with E-state index < -0.39 is 6.10 Å². The van der Waals surface area contributed by atoms with Crippen molar-refractivity contribution in [3.8, 4) is 0 Å². The number of rotatable bonds is 35. The molecule has 0 amide bonds. The van der Waals surface area contributed by atoms with Crippen LogP contribution in [0.25, 0.3) is 0 Å². The summed E-state index contributed by atoms with van der Waals surface area (Å²) in [7, 11) is 0. The summed E-state index contributed by atoms with van der Waals surface area (Å²) in [5, 5.41) is 9.48. The Bertz CT molecular complexity index is 797. The quantitative estimate of drug-likeness (QED) is 0.0417. The van der Waals surface area contributed by atoms with E-state index in [1.54, 1.807) is 0 Å². The average Bonchev–Trinajstić information content (AvgIpc) is 3.07. The zero-order valence-electron chi connectivity index (χ0n) is 30.8. The minimum Gasteiger partial charge on any atom is -0.462 e. The van der Waals surface area contributed by atoms with Gasteiger partial charge in [-0.1, -0.05) is 172 Å². The maximum absolute atomic E-state index is 12.1. The Kier molecular flexibility index (Phi) is 36.6. The number of unbranched alkanes of at least 4 members (excludes halogenated alkanes) is 19. The smallest absolute Gasteiger partial charge is 0.306 e. The van der Waals surface area contributed by atoms with Gasteiger partial charge in [0, 0.05) is 12.8 Å². The Hall–Kier alpha value is -2.14. The summed E-state index contributed by atoms with van der Waals surface area (Å²) in [6, 6.07) is 0. The summed E-state index contributed by atoms with van der Waals surface area (Å²) in [5.74, 6) is -0.600. The molecule has 1 atom stereocenters. The molecule has 0 rings (SSSR count). The fraction of sp³-hybridized carbons (Fsp3) is 0.762. The standard InChI is InChI=1S/C42H74O5/c1-3-5-7-9-11-12-13-14-15-16-17-18-19-20-21-22-23-24-25-26-27-28-29-30-31-33-35-37-42(45)47-40(38-43)39-46-41(44)36-34-32-10-8-6-4-2/h5,7,11-12,14-15,17-18,40,43H,3-4,6,8-10,13,16,19-39H2,1-2H3/b7-5-,12-11-,15-14-,18-17-. The molecule has 5 heteroatoms. The van der Waals surface area contributed by atoms with Gasteiger partial charge in [0.2, 0.25) is 0 Å². The number of esters is 2. The van der Waals surface area contributed by atoms with Gasteiger partial charge in [0.25, 0.3) is 0 Å². The predicted molar refractivity (Wildman–Crippen MR) is 200 cm³/mol. The van der Waals surface area contributed by atoms with Crippen LogP contribution < -0.4 is 0 Å². The van der Waals surface area contributed by atoms with Gasteiger partial charge < -0.3 is 14.6 Å². The first-order valence-corrected chi connectivity index (χ1v) is 19.7. The molecule has 0 aromatic rings. The van der Waals surface area contributed by atoms with Crippen LogP contribution in [0.5, 0.6) is 0 Å². The Morgan fingerprint density at radius 3 is 1.38 bits per heavy atom. The Morgan fingerprint density at radius 2 is 0.915 bits per heavy atom. The topological polar surface area (TPSA) is 72.8 Å². The third-order valence-corrected chi connectivity index (χ3v) is 8.39. The zero-order chi connectivity index (χ0) is 34.3. The fourth-order valence-corrected chi connectivity index (χ4v) is 5.43. The number of allylic oxidation sites excluding steroid dienone is 8. The van der Waals surface area contributed by atoms with Gasteiger partial charge in [0.1, 0.15) is 6.61 Å². The highest BCUT2D eigenvalue weighted by molar-refractivity contribution is 5.70. The molecule has 0 radical (unpaired) electrons. The molecule has 0 spiro atoms. The van der Waals surface area contributed by atoms with Gasteiger partial charge in [-0.3, -0.25) is 9.59 Å². The van der Waals surface area contributed by atoms with E-state index in [0.29, 0.717) is 12.8 Å². The first kappa shape index (κ1) is 44.9. The molecule has 272 valence electrons. The van der Waals surface area contributed by atoms with E-state index in [1.807, 2.05) is 0 Å². The maximum Gasteiger partial charge on any atom is 0.306 e. The number of carbonyl (C=O) groups is 2. The third-order valence-electron chi connectivity index (χ3n) is 8.39.